The molecule has 0 fully saturated rings. The normalized spacial score (nSPS) is 12.0. The number of hydrogen-bond acceptors (Lipinski definition) is 11. The van der Waals surface area contributed by atoms with Crippen LogP contribution >= 0.6 is 0 Å². The molecule has 0 radical (unpaired) electrons. The van der Waals surface area contributed by atoms with E-state index in [1.807, 2.05) is 6.07 Å². The molecule has 1 aromatic carbocycles. The molecule has 0 unspecified atom stereocenters. The zero-order valence-corrected chi connectivity index (χ0v) is 21.6. The van der Waals surface area contributed by atoms with Gasteiger partial charge in [0.15, 0.2) is 21.5 Å². The van der Waals surface area contributed by atoms with Gasteiger partial charge in [-0.3, -0.25) is 9.55 Å². The van der Waals surface area contributed by atoms with E-state index < -0.39 is 27.4 Å². The Morgan fingerprint density at radius 1 is 1.00 bits per heavy atom. The maximum absolute atomic E-state index is 13.2. The minimum atomic E-state index is -3.95. The van der Waals surface area contributed by atoms with E-state index in [1.54, 1.807) is 36.4 Å². The number of para-hydroxylation sites is 1. The minimum Gasteiger partial charge on any atom is -0.494 e. The molecule has 0 aliphatic carbocycles. The fourth-order valence-corrected chi connectivity index (χ4v) is 5.12. The Bertz CT molecular complexity index is 1560. The highest BCUT2D eigenvalue weighted by Crippen LogP contribution is 2.36. The second-order valence-corrected chi connectivity index (χ2v) is 10.1. The first-order valence-corrected chi connectivity index (χ1v) is 13.0. The van der Waals surface area contributed by atoms with Crippen LogP contribution in [0.3, 0.4) is 0 Å². The van der Waals surface area contributed by atoms with Crippen molar-refractivity contribution in [3.8, 4) is 40.7 Å². The summed E-state index contributed by atoms with van der Waals surface area (Å²) in [6.07, 6.45) is -0.146. The number of ether oxygens (including phenoxy) is 3. The summed E-state index contributed by atoms with van der Waals surface area (Å²) in [5, 5.41) is 27.9. The molecule has 1 atom stereocenters. The Morgan fingerprint density at radius 2 is 1.71 bits per heavy atom. The van der Waals surface area contributed by atoms with Crippen molar-refractivity contribution in [2.75, 3.05) is 27.1 Å². The van der Waals surface area contributed by atoms with E-state index in [4.69, 9.17) is 19.5 Å². The molecule has 0 amide bonds. The standard InChI is InChI=1S/C25H24N6O6S/c1-35-20-7-5-8-21(36-2)24(20)31-22(29-30-25(31)18-6-4-9-23(28-18)37-3)15-38(33,34)14-19(32)17-11-10-16(12-26)13-27-17/h4-11,13,19,32H,14-15H2,1-3H3/t19-/m1/s1. The quantitative estimate of drug-likeness (QED) is 0.316. The maximum atomic E-state index is 13.2. The van der Waals surface area contributed by atoms with Gasteiger partial charge in [0.25, 0.3) is 0 Å². The van der Waals surface area contributed by atoms with Gasteiger partial charge < -0.3 is 19.3 Å². The zero-order chi connectivity index (χ0) is 27.3. The second kappa shape index (κ2) is 11.2. The van der Waals surface area contributed by atoms with Gasteiger partial charge in [-0.1, -0.05) is 12.1 Å². The Balaban J connectivity index is 1.79. The van der Waals surface area contributed by atoms with Gasteiger partial charge in [0.05, 0.1) is 38.3 Å². The average Bonchev–Trinajstić information content (AvgIpc) is 3.34. The molecule has 3 heterocycles. The van der Waals surface area contributed by atoms with Crippen molar-refractivity contribution in [2.24, 2.45) is 0 Å². The van der Waals surface area contributed by atoms with Crippen LogP contribution in [0.2, 0.25) is 0 Å². The Morgan fingerprint density at radius 3 is 2.32 bits per heavy atom. The molecule has 13 heteroatoms. The fourth-order valence-electron chi connectivity index (χ4n) is 3.77. The largest absolute Gasteiger partial charge is 0.494 e. The second-order valence-electron chi connectivity index (χ2n) is 8.01. The van der Waals surface area contributed by atoms with Crippen LogP contribution in [0.4, 0.5) is 0 Å². The van der Waals surface area contributed by atoms with E-state index in [0.717, 1.165) is 0 Å². The topological polar surface area (TPSA) is 162 Å². The van der Waals surface area contributed by atoms with Crippen LogP contribution in [0.15, 0.2) is 54.7 Å². The van der Waals surface area contributed by atoms with E-state index in [2.05, 4.69) is 20.2 Å². The molecule has 4 aromatic rings. The van der Waals surface area contributed by atoms with E-state index >= 15 is 0 Å². The summed E-state index contributed by atoms with van der Waals surface area (Å²) in [5.41, 5.74) is 1.17. The smallest absolute Gasteiger partial charge is 0.213 e. The molecular weight excluding hydrogens is 512 g/mol. The molecule has 3 aromatic heterocycles. The summed E-state index contributed by atoms with van der Waals surface area (Å²) in [6, 6.07) is 15.0. The van der Waals surface area contributed by atoms with E-state index in [9.17, 15) is 13.5 Å². The first-order chi connectivity index (χ1) is 18.3. The van der Waals surface area contributed by atoms with Crippen LogP contribution in [0.5, 0.6) is 17.4 Å². The third kappa shape index (κ3) is 5.56. The summed E-state index contributed by atoms with van der Waals surface area (Å²) >= 11 is 0. The van der Waals surface area contributed by atoms with Gasteiger partial charge >= 0.3 is 0 Å². The number of nitrogens with zero attached hydrogens (tertiary/aromatic N) is 6. The Labute approximate surface area is 219 Å². The van der Waals surface area contributed by atoms with E-state index in [0.29, 0.717) is 34.3 Å². The molecule has 38 heavy (non-hydrogen) atoms. The number of nitriles is 1. The summed E-state index contributed by atoms with van der Waals surface area (Å²) in [6.45, 7) is 0. The number of sulfone groups is 1. The van der Waals surface area contributed by atoms with Crippen molar-refractivity contribution in [3.05, 3.63) is 71.8 Å². The molecule has 196 valence electrons. The third-order valence-corrected chi connectivity index (χ3v) is 7.06. The van der Waals surface area contributed by atoms with E-state index in [1.165, 1.54) is 44.2 Å². The van der Waals surface area contributed by atoms with E-state index in [-0.39, 0.29) is 17.3 Å². The maximum Gasteiger partial charge on any atom is 0.213 e. The lowest BCUT2D eigenvalue weighted by Gasteiger charge is -2.17. The lowest BCUT2D eigenvalue weighted by atomic mass is 10.2. The minimum absolute atomic E-state index is 0.0485. The van der Waals surface area contributed by atoms with Crippen LogP contribution in [-0.2, 0) is 15.6 Å². The highest BCUT2D eigenvalue weighted by atomic mass is 32.2. The number of methoxy groups -OCH3 is 3. The number of pyridine rings is 2. The van der Waals surface area contributed by atoms with Gasteiger partial charge in [-0.15, -0.1) is 10.2 Å². The van der Waals surface area contributed by atoms with Crippen molar-refractivity contribution >= 4 is 9.84 Å². The number of hydrogen-bond donors (Lipinski definition) is 1. The molecule has 1 N–H and O–H groups in total. The SMILES string of the molecule is COc1cccc(-c2nnc(CS(=O)(=O)C[C@@H](O)c3ccc(C#N)cn3)n2-c2c(OC)cccc2OC)n1. The van der Waals surface area contributed by atoms with Crippen LogP contribution in [0.1, 0.15) is 23.2 Å². The van der Waals surface area contributed by atoms with Gasteiger partial charge in [0.1, 0.15) is 40.8 Å². The van der Waals surface area contributed by atoms with Gasteiger partial charge in [-0.2, -0.15) is 5.26 Å². The number of aliphatic hydroxyl groups is 1. The molecule has 4 rings (SSSR count). The predicted octanol–water partition coefficient (Wildman–Crippen LogP) is 2.27. The number of benzene rings is 1. The van der Waals surface area contributed by atoms with Gasteiger partial charge in [-0.05, 0) is 30.3 Å². The molecule has 0 aliphatic rings. The molecule has 0 bridgehead atoms. The molecule has 0 aliphatic heterocycles. The molecular formula is C25H24N6O6S. The first kappa shape index (κ1) is 26.5. The van der Waals surface area contributed by atoms with Crippen molar-refractivity contribution in [1.82, 2.24) is 24.7 Å². The highest BCUT2D eigenvalue weighted by Gasteiger charge is 2.28. The third-order valence-electron chi connectivity index (χ3n) is 5.53. The summed E-state index contributed by atoms with van der Waals surface area (Å²) in [4.78, 5) is 8.41. The summed E-state index contributed by atoms with van der Waals surface area (Å²) in [7, 11) is 0.476. The first-order valence-electron chi connectivity index (χ1n) is 11.2. The number of aliphatic hydroxyl groups excluding tert-OH is 1. The lowest BCUT2D eigenvalue weighted by Crippen LogP contribution is -2.19. The number of rotatable bonds is 10. The van der Waals surface area contributed by atoms with Gasteiger partial charge in [0.2, 0.25) is 5.88 Å². The summed E-state index contributed by atoms with van der Waals surface area (Å²) in [5.74, 6) is 0.171. The van der Waals surface area contributed by atoms with Crippen LogP contribution in [-0.4, -0.2) is 65.3 Å². The van der Waals surface area contributed by atoms with Crippen molar-refractivity contribution < 1.29 is 27.7 Å². The Hall–Kier alpha value is -4.54. The number of aromatic nitrogens is 5. The van der Waals surface area contributed by atoms with Crippen molar-refractivity contribution in [3.63, 3.8) is 0 Å². The molecule has 0 saturated carbocycles. The van der Waals surface area contributed by atoms with Crippen LogP contribution in [0.25, 0.3) is 17.2 Å². The molecule has 12 nitrogen and oxygen atoms in total. The lowest BCUT2D eigenvalue weighted by molar-refractivity contribution is 0.196. The van der Waals surface area contributed by atoms with Crippen LogP contribution < -0.4 is 14.2 Å². The average molecular weight is 537 g/mol. The Kier molecular flexibility index (Phi) is 7.85. The van der Waals surface area contributed by atoms with Gasteiger partial charge in [-0.25, -0.2) is 13.4 Å². The highest BCUT2D eigenvalue weighted by molar-refractivity contribution is 7.90. The van der Waals surface area contributed by atoms with Crippen molar-refractivity contribution in [1.29, 1.82) is 5.26 Å². The van der Waals surface area contributed by atoms with Crippen molar-refractivity contribution in [2.45, 2.75) is 11.9 Å². The fraction of sp³-hybridized carbons (Fsp3) is 0.240. The van der Waals surface area contributed by atoms with Gasteiger partial charge in [0, 0.05) is 12.3 Å². The molecule has 0 saturated heterocycles. The molecule has 0 spiro atoms. The zero-order valence-electron chi connectivity index (χ0n) is 20.8. The predicted molar refractivity (Wildman–Crippen MR) is 136 cm³/mol. The van der Waals surface area contributed by atoms with Crippen LogP contribution in [0, 0.1) is 11.3 Å². The summed E-state index contributed by atoms with van der Waals surface area (Å²) < 4.78 is 44.3. The monoisotopic (exact) mass is 536 g/mol.